The third-order valence-corrected chi connectivity index (χ3v) is 2.83. The Labute approximate surface area is 102 Å². The number of anilines is 1. The molecular weight excluding hydrogens is 242 g/mol. The first-order valence-corrected chi connectivity index (χ1v) is 5.44. The van der Waals surface area contributed by atoms with Gasteiger partial charge in [-0.3, -0.25) is 4.57 Å². The Bertz CT molecular complexity index is 499. The molecule has 100 valence electrons. The number of hydrogen-bond donors (Lipinski definition) is 4. The highest BCUT2D eigenvalue weighted by molar-refractivity contribution is 5.23. The lowest BCUT2D eigenvalue weighted by Crippen LogP contribution is -2.44. The fraction of sp³-hybridized carbons (Fsp3) is 0.600. The number of aromatic nitrogens is 2. The van der Waals surface area contributed by atoms with E-state index in [9.17, 15) is 20.1 Å². The van der Waals surface area contributed by atoms with E-state index < -0.39 is 29.9 Å². The first kappa shape index (κ1) is 13.0. The fourth-order valence-corrected chi connectivity index (χ4v) is 2.01. The Hall–Kier alpha value is -1.48. The van der Waals surface area contributed by atoms with Crippen LogP contribution in [0.2, 0.25) is 0 Å². The molecule has 1 saturated heterocycles. The van der Waals surface area contributed by atoms with E-state index in [2.05, 4.69) is 4.98 Å². The molecule has 0 bridgehead atoms. The number of aliphatic hydroxyl groups excluding tert-OH is 1. The third-order valence-electron chi connectivity index (χ3n) is 2.83. The largest absolute Gasteiger partial charge is 0.390 e. The maximum absolute atomic E-state index is 11.6. The molecule has 1 fully saturated rings. The molecular formula is C10H15N3O5. The van der Waals surface area contributed by atoms with Crippen molar-refractivity contribution in [3.05, 3.63) is 22.7 Å². The predicted octanol–water partition coefficient (Wildman–Crippen LogP) is -1.83. The Morgan fingerprint density at radius 3 is 2.83 bits per heavy atom. The summed E-state index contributed by atoms with van der Waals surface area (Å²) in [7, 11) is 0. The normalized spacial score (nSPS) is 28.2. The summed E-state index contributed by atoms with van der Waals surface area (Å²) in [5.74, 6) is -2.12. The van der Waals surface area contributed by atoms with Gasteiger partial charge in [0.25, 0.3) is 0 Å². The molecule has 1 unspecified atom stereocenters. The minimum Gasteiger partial charge on any atom is -0.390 e. The van der Waals surface area contributed by atoms with Gasteiger partial charge in [-0.25, -0.2) is 4.79 Å². The van der Waals surface area contributed by atoms with Gasteiger partial charge in [0.05, 0.1) is 6.10 Å². The van der Waals surface area contributed by atoms with Gasteiger partial charge in [0, 0.05) is 12.6 Å². The quantitative estimate of drug-likeness (QED) is 0.458. The second-order valence-corrected chi connectivity index (χ2v) is 4.38. The number of hydrogen-bond acceptors (Lipinski definition) is 7. The van der Waals surface area contributed by atoms with Crippen LogP contribution in [0.1, 0.15) is 19.6 Å². The van der Waals surface area contributed by atoms with Crippen LogP contribution in [0.25, 0.3) is 0 Å². The monoisotopic (exact) mass is 257 g/mol. The van der Waals surface area contributed by atoms with Crippen molar-refractivity contribution in [3.63, 3.8) is 0 Å². The number of nitrogen functional groups attached to an aromatic ring is 1. The first-order valence-electron chi connectivity index (χ1n) is 5.44. The van der Waals surface area contributed by atoms with E-state index in [1.54, 1.807) is 0 Å². The molecule has 3 atom stereocenters. The highest BCUT2D eigenvalue weighted by Crippen LogP contribution is 2.35. The second-order valence-electron chi connectivity index (χ2n) is 4.38. The van der Waals surface area contributed by atoms with Crippen molar-refractivity contribution in [2.45, 2.75) is 37.6 Å². The molecule has 1 aliphatic heterocycles. The summed E-state index contributed by atoms with van der Waals surface area (Å²) in [5, 5.41) is 28.8. The standard InChI is InChI=1S/C10H15N3O5/c1-5(14)8-10(16,17)4-7(18-8)13-3-2-6(11)12-9(13)15/h2-3,5,7-8,14,16-17H,4H2,1H3,(H2,11,12,15)/t5?,7-,8-/m1/s1. The van der Waals surface area contributed by atoms with Crippen molar-refractivity contribution in [2.75, 3.05) is 5.73 Å². The van der Waals surface area contributed by atoms with Gasteiger partial charge < -0.3 is 25.8 Å². The van der Waals surface area contributed by atoms with Crippen LogP contribution in [0.3, 0.4) is 0 Å². The summed E-state index contributed by atoms with van der Waals surface area (Å²) < 4.78 is 6.37. The molecule has 1 aliphatic rings. The van der Waals surface area contributed by atoms with Crippen LogP contribution in [-0.2, 0) is 4.74 Å². The fourth-order valence-electron chi connectivity index (χ4n) is 2.01. The van der Waals surface area contributed by atoms with Crippen molar-refractivity contribution in [1.82, 2.24) is 9.55 Å². The predicted molar refractivity (Wildman–Crippen MR) is 60.3 cm³/mol. The third kappa shape index (κ3) is 2.23. The molecule has 0 radical (unpaired) electrons. The van der Waals surface area contributed by atoms with Gasteiger partial charge in [-0.05, 0) is 13.0 Å². The van der Waals surface area contributed by atoms with Gasteiger partial charge in [0.15, 0.2) is 5.79 Å². The van der Waals surface area contributed by atoms with Crippen molar-refractivity contribution in [1.29, 1.82) is 0 Å². The average molecular weight is 257 g/mol. The second kappa shape index (κ2) is 4.32. The molecule has 0 aromatic carbocycles. The number of aliphatic hydroxyl groups is 3. The van der Waals surface area contributed by atoms with Crippen molar-refractivity contribution in [2.24, 2.45) is 0 Å². The highest BCUT2D eigenvalue weighted by atomic mass is 16.6. The summed E-state index contributed by atoms with van der Waals surface area (Å²) >= 11 is 0. The summed E-state index contributed by atoms with van der Waals surface area (Å²) in [5.41, 5.74) is 4.70. The molecule has 0 saturated carbocycles. The van der Waals surface area contributed by atoms with E-state index in [-0.39, 0.29) is 12.2 Å². The molecule has 1 aromatic rings. The average Bonchev–Trinajstić information content (AvgIpc) is 2.54. The molecule has 1 aromatic heterocycles. The Morgan fingerprint density at radius 1 is 1.67 bits per heavy atom. The summed E-state index contributed by atoms with van der Waals surface area (Å²) in [4.78, 5) is 15.1. The number of ether oxygens (including phenoxy) is 1. The van der Waals surface area contributed by atoms with E-state index in [1.165, 1.54) is 19.2 Å². The van der Waals surface area contributed by atoms with E-state index in [0.29, 0.717) is 0 Å². The maximum Gasteiger partial charge on any atom is 0.351 e. The Kier molecular flexibility index (Phi) is 3.11. The minimum absolute atomic E-state index is 0.0700. The van der Waals surface area contributed by atoms with Crippen LogP contribution in [0, 0.1) is 0 Å². The highest BCUT2D eigenvalue weighted by Gasteiger charge is 2.49. The van der Waals surface area contributed by atoms with Crippen LogP contribution >= 0.6 is 0 Å². The zero-order chi connectivity index (χ0) is 13.5. The van der Waals surface area contributed by atoms with Gasteiger partial charge in [-0.15, -0.1) is 0 Å². The van der Waals surface area contributed by atoms with Crippen LogP contribution in [0.5, 0.6) is 0 Å². The molecule has 8 heteroatoms. The molecule has 0 spiro atoms. The van der Waals surface area contributed by atoms with E-state index in [0.717, 1.165) is 4.57 Å². The van der Waals surface area contributed by atoms with Gasteiger partial charge in [-0.2, -0.15) is 4.98 Å². The molecule has 2 heterocycles. The van der Waals surface area contributed by atoms with Crippen LogP contribution in [-0.4, -0.2) is 42.9 Å². The topological polar surface area (TPSA) is 131 Å². The molecule has 0 amide bonds. The lowest BCUT2D eigenvalue weighted by Gasteiger charge is -2.23. The maximum atomic E-state index is 11.6. The smallest absolute Gasteiger partial charge is 0.351 e. The summed E-state index contributed by atoms with van der Waals surface area (Å²) in [6.07, 6.45) is -2.06. The lowest BCUT2D eigenvalue weighted by atomic mass is 10.1. The van der Waals surface area contributed by atoms with Gasteiger partial charge >= 0.3 is 5.69 Å². The SMILES string of the molecule is CC(O)[C@H]1O[C@@H](n2ccc(N)nc2=O)CC1(O)O. The number of rotatable bonds is 2. The number of nitrogens with two attached hydrogens (primary N) is 1. The molecule has 2 rings (SSSR count). The van der Waals surface area contributed by atoms with E-state index in [4.69, 9.17) is 10.5 Å². The van der Waals surface area contributed by atoms with Crippen LogP contribution in [0.4, 0.5) is 5.82 Å². The van der Waals surface area contributed by atoms with Crippen LogP contribution in [0.15, 0.2) is 17.1 Å². The van der Waals surface area contributed by atoms with E-state index >= 15 is 0 Å². The van der Waals surface area contributed by atoms with Crippen LogP contribution < -0.4 is 11.4 Å². The number of nitrogens with zero attached hydrogens (tertiary/aromatic N) is 2. The van der Waals surface area contributed by atoms with Crippen molar-refractivity contribution >= 4 is 5.82 Å². The zero-order valence-corrected chi connectivity index (χ0v) is 9.72. The Morgan fingerprint density at radius 2 is 2.33 bits per heavy atom. The molecule has 5 N–H and O–H groups in total. The lowest BCUT2D eigenvalue weighted by molar-refractivity contribution is -0.216. The Balaban J connectivity index is 2.29. The molecule has 18 heavy (non-hydrogen) atoms. The van der Waals surface area contributed by atoms with Gasteiger partial charge in [0.2, 0.25) is 0 Å². The summed E-state index contributed by atoms with van der Waals surface area (Å²) in [6.45, 7) is 1.37. The molecule has 0 aliphatic carbocycles. The summed E-state index contributed by atoms with van der Waals surface area (Å²) in [6, 6.07) is 1.40. The van der Waals surface area contributed by atoms with Gasteiger partial charge in [-0.1, -0.05) is 0 Å². The van der Waals surface area contributed by atoms with Crippen molar-refractivity contribution in [3.8, 4) is 0 Å². The minimum atomic E-state index is -2.19. The van der Waals surface area contributed by atoms with Gasteiger partial charge in [0.1, 0.15) is 18.1 Å². The van der Waals surface area contributed by atoms with E-state index in [1.807, 2.05) is 0 Å². The molecule has 8 nitrogen and oxygen atoms in total. The van der Waals surface area contributed by atoms with Crippen molar-refractivity contribution < 1.29 is 20.1 Å². The zero-order valence-electron chi connectivity index (χ0n) is 9.72. The first-order chi connectivity index (χ1) is 8.31.